The maximum Gasteiger partial charge on any atom is 0.131 e. The molecule has 0 bridgehead atoms. The molecule has 1 fully saturated rings. The molecule has 114 valence electrons. The first-order valence-corrected chi connectivity index (χ1v) is 7.56. The standard InChI is InChI=1S/C15H28N4O/c1-11(2)16-10-14-12(3)17-18(4)15(14)19(8-9-20-5)13-6-7-13/h11,13,16H,6-10H2,1-5H3. The minimum atomic E-state index is 0.482. The molecule has 5 heteroatoms. The Morgan fingerprint density at radius 1 is 1.45 bits per heavy atom. The first-order chi connectivity index (χ1) is 9.54. The van der Waals surface area contributed by atoms with Crippen LogP contribution < -0.4 is 10.2 Å². The Balaban J connectivity index is 2.22. The van der Waals surface area contributed by atoms with Gasteiger partial charge in [-0.25, -0.2) is 0 Å². The highest BCUT2D eigenvalue weighted by atomic mass is 16.5. The first-order valence-electron chi connectivity index (χ1n) is 7.56. The fourth-order valence-corrected chi connectivity index (χ4v) is 2.60. The van der Waals surface area contributed by atoms with Gasteiger partial charge in [0, 0.05) is 44.9 Å². The maximum absolute atomic E-state index is 5.27. The van der Waals surface area contributed by atoms with Crippen molar-refractivity contribution in [2.75, 3.05) is 25.2 Å². The third kappa shape index (κ3) is 3.52. The van der Waals surface area contributed by atoms with E-state index in [1.54, 1.807) is 7.11 Å². The van der Waals surface area contributed by atoms with Crippen LogP contribution >= 0.6 is 0 Å². The number of anilines is 1. The summed E-state index contributed by atoms with van der Waals surface area (Å²) < 4.78 is 7.30. The van der Waals surface area contributed by atoms with Crippen LogP contribution in [0.5, 0.6) is 0 Å². The van der Waals surface area contributed by atoms with Crippen molar-refractivity contribution < 1.29 is 4.74 Å². The van der Waals surface area contributed by atoms with E-state index in [0.29, 0.717) is 12.1 Å². The van der Waals surface area contributed by atoms with Gasteiger partial charge in [0.25, 0.3) is 0 Å². The van der Waals surface area contributed by atoms with Crippen molar-refractivity contribution in [3.8, 4) is 0 Å². The minimum Gasteiger partial charge on any atom is -0.383 e. The molecule has 0 atom stereocenters. The molecule has 1 N–H and O–H groups in total. The molecule has 1 saturated carbocycles. The number of nitrogens with zero attached hydrogens (tertiary/aromatic N) is 3. The molecule has 0 radical (unpaired) electrons. The fraction of sp³-hybridized carbons (Fsp3) is 0.800. The summed E-state index contributed by atoms with van der Waals surface area (Å²) in [5.41, 5.74) is 2.45. The average molecular weight is 280 g/mol. The number of methoxy groups -OCH3 is 1. The molecule has 1 aliphatic carbocycles. The molecule has 1 aliphatic rings. The van der Waals surface area contributed by atoms with Crippen LogP contribution in [0.3, 0.4) is 0 Å². The van der Waals surface area contributed by atoms with Crippen LogP contribution in [0.2, 0.25) is 0 Å². The lowest BCUT2D eigenvalue weighted by atomic mass is 10.2. The average Bonchev–Trinajstić information content (AvgIpc) is 3.16. The zero-order valence-electron chi connectivity index (χ0n) is 13.4. The Kier molecular flexibility index (Phi) is 5.05. The lowest BCUT2D eigenvalue weighted by Gasteiger charge is -2.26. The number of aromatic nitrogens is 2. The molecule has 2 rings (SSSR count). The number of aryl methyl sites for hydroxylation is 2. The van der Waals surface area contributed by atoms with E-state index in [1.807, 2.05) is 11.7 Å². The summed E-state index contributed by atoms with van der Waals surface area (Å²) in [6, 6.07) is 1.15. The van der Waals surface area contributed by atoms with Crippen LogP contribution in [0.4, 0.5) is 5.82 Å². The van der Waals surface area contributed by atoms with Crippen molar-refractivity contribution in [2.24, 2.45) is 7.05 Å². The predicted molar refractivity (Wildman–Crippen MR) is 82.2 cm³/mol. The van der Waals surface area contributed by atoms with Gasteiger partial charge in [0.15, 0.2) is 0 Å². The number of hydrogen-bond acceptors (Lipinski definition) is 4. The van der Waals surface area contributed by atoms with E-state index in [-0.39, 0.29) is 0 Å². The Morgan fingerprint density at radius 3 is 2.70 bits per heavy atom. The van der Waals surface area contributed by atoms with E-state index >= 15 is 0 Å². The lowest BCUT2D eigenvalue weighted by Crippen LogP contribution is -2.33. The zero-order valence-corrected chi connectivity index (χ0v) is 13.4. The fourth-order valence-electron chi connectivity index (χ4n) is 2.60. The summed E-state index contributed by atoms with van der Waals surface area (Å²) in [6.45, 7) is 9.03. The molecule has 0 unspecified atom stereocenters. The molecule has 1 aromatic heterocycles. The van der Waals surface area contributed by atoms with Crippen molar-refractivity contribution in [3.63, 3.8) is 0 Å². The quantitative estimate of drug-likeness (QED) is 0.789. The summed E-state index contributed by atoms with van der Waals surface area (Å²) in [5.74, 6) is 1.26. The van der Waals surface area contributed by atoms with Gasteiger partial charge in [0.05, 0.1) is 12.3 Å². The predicted octanol–water partition coefficient (Wildman–Crippen LogP) is 1.84. The van der Waals surface area contributed by atoms with Crippen LogP contribution in [0.25, 0.3) is 0 Å². The summed E-state index contributed by atoms with van der Waals surface area (Å²) >= 11 is 0. The summed E-state index contributed by atoms with van der Waals surface area (Å²) in [6.07, 6.45) is 2.57. The van der Waals surface area contributed by atoms with Gasteiger partial charge in [-0.1, -0.05) is 13.8 Å². The molecule has 0 aromatic carbocycles. The number of ether oxygens (including phenoxy) is 1. The lowest BCUT2D eigenvalue weighted by molar-refractivity contribution is 0.204. The van der Waals surface area contributed by atoms with E-state index in [0.717, 1.165) is 25.4 Å². The minimum absolute atomic E-state index is 0.482. The van der Waals surface area contributed by atoms with Gasteiger partial charge >= 0.3 is 0 Å². The molecule has 5 nitrogen and oxygen atoms in total. The molecule has 0 spiro atoms. The van der Waals surface area contributed by atoms with E-state index in [4.69, 9.17) is 4.74 Å². The number of hydrogen-bond donors (Lipinski definition) is 1. The topological polar surface area (TPSA) is 42.3 Å². The second kappa shape index (κ2) is 6.59. The highest BCUT2D eigenvalue weighted by Gasteiger charge is 2.32. The Hall–Kier alpha value is -1.07. The zero-order chi connectivity index (χ0) is 14.7. The summed E-state index contributed by atoms with van der Waals surface area (Å²) in [4.78, 5) is 2.47. The first kappa shape index (κ1) is 15.3. The van der Waals surface area contributed by atoms with Crippen LogP contribution in [-0.4, -0.2) is 42.1 Å². The Labute approximate surface area is 122 Å². The van der Waals surface area contributed by atoms with Gasteiger partial charge in [-0.2, -0.15) is 5.10 Å². The van der Waals surface area contributed by atoms with Crippen molar-refractivity contribution in [2.45, 2.75) is 52.2 Å². The van der Waals surface area contributed by atoms with E-state index in [2.05, 4.69) is 36.1 Å². The SMILES string of the molecule is COCCN(c1c(CNC(C)C)c(C)nn1C)C1CC1. The van der Waals surface area contributed by atoms with Crippen molar-refractivity contribution in [1.82, 2.24) is 15.1 Å². The third-order valence-electron chi connectivity index (χ3n) is 3.80. The molecule has 1 heterocycles. The second-order valence-corrected chi connectivity index (χ2v) is 5.96. The number of nitrogens with one attached hydrogen (secondary N) is 1. The molecule has 0 amide bonds. The molecule has 0 saturated heterocycles. The van der Waals surface area contributed by atoms with E-state index in [9.17, 15) is 0 Å². The van der Waals surface area contributed by atoms with Crippen molar-refractivity contribution in [3.05, 3.63) is 11.3 Å². The number of rotatable bonds is 8. The molecule has 0 aliphatic heterocycles. The van der Waals surface area contributed by atoms with Gasteiger partial charge in [-0.05, 0) is 19.8 Å². The van der Waals surface area contributed by atoms with Gasteiger partial charge in [0.2, 0.25) is 0 Å². The molecule has 20 heavy (non-hydrogen) atoms. The molecular weight excluding hydrogens is 252 g/mol. The van der Waals surface area contributed by atoms with Crippen molar-refractivity contribution in [1.29, 1.82) is 0 Å². The van der Waals surface area contributed by atoms with Crippen LogP contribution in [0, 0.1) is 6.92 Å². The Bertz CT molecular complexity index is 437. The van der Waals surface area contributed by atoms with E-state index < -0.39 is 0 Å². The smallest absolute Gasteiger partial charge is 0.131 e. The highest BCUT2D eigenvalue weighted by molar-refractivity contribution is 5.52. The molecule has 1 aromatic rings. The van der Waals surface area contributed by atoms with E-state index in [1.165, 1.54) is 24.2 Å². The largest absolute Gasteiger partial charge is 0.383 e. The summed E-state index contributed by atoms with van der Waals surface area (Å²) in [7, 11) is 3.81. The third-order valence-corrected chi connectivity index (χ3v) is 3.80. The molecular formula is C15H28N4O. The van der Waals surface area contributed by atoms with Gasteiger partial charge in [-0.3, -0.25) is 4.68 Å². The van der Waals surface area contributed by atoms with Crippen LogP contribution in [0.1, 0.15) is 37.9 Å². The monoisotopic (exact) mass is 280 g/mol. The summed E-state index contributed by atoms with van der Waals surface area (Å²) in [5, 5.41) is 8.14. The van der Waals surface area contributed by atoms with Gasteiger partial charge in [-0.15, -0.1) is 0 Å². The highest BCUT2D eigenvalue weighted by Crippen LogP contribution is 2.34. The van der Waals surface area contributed by atoms with Gasteiger partial charge in [0.1, 0.15) is 5.82 Å². The van der Waals surface area contributed by atoms with Gasteiger partial charge < -0.3 is 15.0 Å². The Morgan fingerprint density at radius 2 is 2.15 bits per heavy atom. The van der Waals surface area contributed by atoms with Crippen LogP contribution in [0.15, 0.2) is 0 Å². The van der Waals surface area contributed by atoms with Crippen molar-refractivity contribution >= 4 is 5.82 Å². The normalized spacial score (nSPS) is 15.1. The second-order valence-electron chi connectivity index (χ2n) is 5.96. The van der Waals surface area contributed by atoms with Crippen LogP contribution in [-0.2, 0) is 18.3 Å². The maximum atomic E-state index is 5.27.